The molecule has 6 aromatic carbocycles. The van der Waals surface area contributed by atoms with E-state index in [1.165, 1.54) is 0 Å². The van der Waals surface area contributed by atoms with Crippen LogP contribution < -0.4 is 9.65 Å². The Balaban J connectivity index is 0.000000217. The highest BCUT2D eigenvalue weighted by atomic mass is 32.3. The second-order valence-corrected chi connectivity index (χ2v) is 11.5. The predicted molar refractivity (Wildman–Crippen MR) is 154 cm³/mol. The van der Waals surface area contributed by atoms with E-state index in [4.69, 9.17) is 4.18 Å². The maximum absolute atomic E-state index is 14.8. The van der Waals surface area contributed by atoms with Crippen molar-refractivity contribution in [1.29, 1.82) is 0 Å². The summed E-state index contributed by atoms with van der Waals surface area (Å²) in [5, 5.41) is 3.97. The molecular weight excluding hydrogens is 611 g/mol. The van der Waals surface area contributed by atoms with Crippen LogP contribution in [-0.4, -0.2) is 6.98 Å². The fraction of sp³-hybridized carbons (Fsp3) is 0. The quantitative estimate of drug-likeness (QED) is 0.0474. The van der Waals surface area contributed by atoms with Gasteiger partial charge in [0, 0.05) is 10.8 Å². The van der Waals surface area contributed by atoms with Gasteiger partial charge in [-0.15, -0.1) is 0 Å². The van der Waals surface area contributed by atoms with Crippen molar-refractivity contribution in [2.75, 3.05) is 0 Å². The molecule has 0 aliphatic heterocycles. The molecule has 1 unspecified atom stereocenters. The highest BCUT2D eigenvalue weighted by Gasteiger charge is 2.42. The van der Waals surface area contributed by atoms with E-state index in [0.29, 0.717) is 10.6 Å². The zero-order valence-corrected chi connectivity index (χ0v) is 23.1. The SMILES string of the molecule is Fc1c(F)c(F)c([B-](F)(F)F)c(F)c1F.O=[S+](Oc1ccccc1)(c1ccccc1)c1c2ccccc2cc2ccccc12. The van der Waals surface area contributed by atoms with Crippen molar-refractivity contribution in [3.63, 3.8) is 0 Å². The zero-order chi connectivity index (χ0) is 31.6. The van der Waals surface area contributed by atoms with Crippen LogP contribution in [0, 0.1) is 29.1 Å². The van der Waals surface area contributed by atoms with Crippen molar-refractivity contribution >= 4 is 44.2 Å². The highest BCUT2D eigenvalue weighted by molar-refractivity contribution is 7.99. The van der Waals surface area contributed by atoms with E-state index in [1.807, 2.05) is 97.1 Å². The van der Waals surface area contributed by atoms with E-state index in [9.17, 15) is 39.1 Å². The lowest BCUT2D eigenvalue weighted by Crippen LogP contribution is -2.41. The molecule has 0 radical (unpaired) electrons. The van der Waals surface area contributed by atoms with E-state index < -0.39 is 51.7 Å². The van der Waals surface area contributed by atoms with Crippen molar-refractivity contribution in [1.82, 2.24) is 0 Å². The van der Waals surface area contributed by atoms with Gasteiger partial charge in [-0.05, 0) is 62.9 Å². The summed E-state index contributed by atoms with van der Waals surface area (Å²) in [4.78, 5) is 1.38. The van der Waals surface area contributed by atoms with Gasteiger partial charge in [0.15, 0.2) is 23.2 Å². The minimum Gasteiger partial charge on any atom is -0.445 e. The Morgan fingerprint density at radius 1 is 0.523 bits per heavy atom. The Bertz CT molecular complexity index is 1940. The minimum atomic E-state index is -6.30. The number of rotatable bonds is 5. The minimum absolute atomic E-state index is 0.582. The third kappa shape index (κ3) is 5.77. The maximum atomic E-state index is 14.8. The number of fused-ring (bicyclic) bond motifs is 2. The summed E-state index contributed by atoms with van der Waals surface area (Å²) in [7, 11) is -3.05. The molecule has 0 saturated carbocycles. The van der Waals surface area contributed by atoms with Gasteiger partial charge in [0.2, 0.25) is 9.79 Å². The predicted octanol–water partition coefficient (Wildman–Crippen LogP) is 9.34. The van der Waals surface area contributed by atoms with E-state index >= 15 is 0 Å². The average molecular weight is 630 g/mol. The fourth-order valence-electron chi connectivity index (χ4n) is 4.59. The molecule has 1 atom stereocenters. The van der Waals surface area contributed by atoms with Gasteiger partial charge in [-0.1, -0.05) is 72.8 Å². The van der Waals surface area contributed by atoms with Crippen LogP contribution in [0.1, 0.15) is 0 Å². The number of para-hydroxylation sites is 1. The summed E-state index contributed by atoms with van der Waals surface area (Å²) in [5.74, 6) is -13.0. The largest absolute Gasteiger partial charge is 0.515 e. The summed E-state index contributed by atoms with van der Waals surface area (Å²) in [5.41, 5.74) is -2.73. The van der Waals surface area contributed by atoms with Gasteiger partial charge in [0.25, 0.3) is 0 Å². The Morgan fingerprint density at radius 3 is 1.41 bits per heavy atom. The van der Waals surface area contributed by atoms with Crippen LogP contribution >= 0.6 is 0 Å². The lowest BCUT2D eigenvalue weighted by Gasteiger charge is -2.17. The van der Waals surface area contributed by atoms with Crippen molar-refractivity contribution < 1.29 is 43.3 Å². The lowest BCUT2D eigenvalue weighted by atomic mass is 9.79. The maximum Gasteiger partial charge on any atom is 0.515 e. The molecule has 0 aliphatic carbocycles. The summed E-state index contributed by atoms with van der Waals surface area (Å²) in [6.45, 7) is -6.30. The molecule has 6 aromatic rings. The molecule has 0 N–H and O–H groups in total. The van der Waals surface area contributed by atoms with Crippen LogP contribution in [0.4, 0.5) is 34.9 Å². The van der Waals surface area contributed by atoms with Gasteiger partial charge in [-0.2, -0.15) is 0 Å². The fourth-order valence-corrected chi connectivity index (χ4v) is 6.85. The molecule has 0 amide bonds. The molecule has 0 aliphatic rings. The van der Waals surface area contributed by atoms with Gasteiger partial charge in [0.05, 0.1) is 0 Å². The molecule has 224 valence electrons. The molecule has 12 heteroatoms. The molecule has 0 saturated heterocycles. The molecule has 0 fully saturated rings. The van der Waals surface area contributed by atoms with E-state index in [2.05, 4.69) is 18.2 Å². The first kappa shape index (κ1) is 30.7. The highest BCUT2D eigenvalue weighted by Crippen LogP contribution is 2.41. The van der Waals surface area contributed by atoms with Crippen molar-refractivity contribution in [2.45, 2.75) is 9.79 Å². The summed E-state index contributed by atoms with van der Waals surface area (Å²) in [6, 6.07) is 37.1. The van der Waals surface area contributed by atoms with Gasteiger partial charge >= 0.3 is 17.2 Å². The van der Waals surface area contributed by atoms with E-state index in [1.54, 1.807) is 0 Å². The molecule has 0 heterocycles. The third-order valence-corrected chi connectivity index (χ3v) is 8.87. The molecule has 6 rings (SSSR count). The van der Waals surface area contributed by atoms with Crippen LogP contribution in [-0.2, 0) is 14.4 Å². The standard InChI is InChI=1S/C26H19O2S.C6BF8/c27-29(23-15-5-2-6-16-23,28-22-13-3-1-4-14-22)26-24-17-9-7-11-20(24)19-21-12-8-10-18-25(21)26;8-2-1(7(13,14)15)3(9)5(11)6(12)4(2)10/h1-19H;/q+1;-1. The lowest BCUT2D eigenvalue weighted by molar-refractivity contribution is 0.377. The van der Waals surface area contributed by atoms with Crippen molar-refractivity contribution in [3.8, 4) is 5.75 Å². The average Bonchev–Trinajstić information content (AvgIpc) is 3.02. The van der Waals surface area contributed by atoms with Crippen LogP contribution in [0.3, 0.4) is 0 Å². The van der Waals surface area contributed by atoms with Crippen LogP contribution in [0.5, 0.6) is 5.75 Å². The van der Waals surface area contributed by atoms with Crippen LogP contribution in [0.2, 0.25) is 0 Å². The smallest absolute Gasteiger partial charge is 0.445 e. The van der Waals surface area contributed by atoms with Gasteiger partial charge in [-0.3, -0.25) is 4.18 Å². The molecule has 0 bridgehead atoms. The molecule has 44 heavy (non-hydrogen) atoms. The number of benzene rings is 6. The first-order chi connectivity index (χ1) is 20.9. The summed E-state index contributed by atoms with van der Waals surface area (Å²) >= 11 is 0. The Labute approximate surface area is 247 Å². The van der Waals surface area contributed by atoms with Gasteiger partial charge < -0.3 is 12.9 Å². The number of halogens is 8. The first-order valence-electron chi connectivity index (χ1n) is 12.9. The third-order valence-electron chi connectivity index (χ3n) is 6.57. The summed E-state index contributed by atoms with van der Waals surface area (Å²) < 4.78 is 119. The number of hydrogen-bond acceptors (Lipinski definition) is 2. The Morgan fingerprint density at radius 2 is 0.932 bits per heavy atom. The van der Waals surface area contributed by atoms with E-state index in [-0.39, 0.29) is 0 Å². The van der Waals surface area contributed by atoms with Crippen molar-refractivity contribution in [2.24, 2.45) is 0 Å². The zero-order valence-electron chi connectivity index (χ0n) is 22.3. The first-order valence-corrected chi connectivity index (χ1v) is 14.4. The van der Waals surface area contributed by atoms with Crippen LogP contribution in [0.15, 0.2) is 125 Å². The topological polar surface area (TPSA) is 26.3 Å². The van der Waals surface area contributed by atoms with E-state index in [0.717, 1.165) is 26.4 Å². The van der Waals surface area contributed by atoms with Crippen LogP contribution in [0.25, 0.3) is 21.5 Å². The molecule has 0 aromatic heterocycles. The van der Waals surface area contributed by atoms with Crippen molar-refractivity contribution in [3.05, 3.63) is 144 Å². The monoisotopic (exact) mass is 630 g/mol. The second kappa shape index (κ2) is 12.1. The molecule has 2 nitrogen and oxygen atoms in total. The van der Waals surface area contributed by atoms with Gasteiger partial charge in [0.1, 0.15) is 11.6 Å². The number of hydrogen-bond donors (Lipinski definition) is 0. The Hall–Kier alpha value is -4.71. The normalized spacial score (nSPS) is 12.8. The summed E-state index contributed by atoms with van der Waals surface area (Å²) in [6.07, 6.45) is 0. The van der Waals surface area contributed by atoms with Gasteiger partial charge in [-0.25, -0.2) is 22.0 Å². The Kier molecular flexibility index (Phi) is 8.47. The molecular formula is C32H19BF8O2S. The molecule has 0 spiro atoms. The second-order valence-electron chi connectivity index (χ2n) is 9.42.